The molecule has 2 aromatic heterocycles. The lowest BCUT2D eigenvalue weighted by atomic mass is 10.0. The summed E-state index contributed by atoms with van der Waals surface area (Å²) in [5, 5.41) is 19.9. The van der Waals surface area contributed by atoms with E-state index in [4.69, 9.17) is 0 Å². The number of rotatable bonds is 4. The van der Waals surface area contributed by atoms with Gasteiger partial charge in [-0.05, 0) is 29.8 Å². The molecule has 0 aliphatic carbocycles. The van der Waals surface area contributed by atoms with Crippen LogP contribution in [0, 0.1) is 5.82 Å². The van der Waals surface area contributed by atoms with Crippen molar-refractivity contribution in [2.75, 3.05) is 13.1 Å². The number of benzene rings is 1. The molecule has 9 heteroatoms. The number of nitrogens with zero attached hydrogens (tertiary/aromatic N) is 2. The molecular weight excluding hydrogens is 389 g/mol. The Morgan fingerprint density at radius 3 is 2.83 bits per heavy atom. The average Bonchev–Trinajstić information content (AvgIpc) is 2.98. The fourth-order valence-electron chi connectivity index (χ4n) is 3.41. The molecule has 154 valence electrons. The summed E-state index contributed by atoms with van der Waals surface area (Å²) in [5.74, 6) is -1.42. The highest BCUT2D eigenvalue weighted by atomic mass is 19.1. The smallest absolute Gasteiger partial charge is 0.274 e. The summed E-state index contributed by atoms with van der Waals surface area (Å²) in [6.07, 6.45) is 1.66. The van der Waals surface area contributed by atoms with E-state index in [1.54, 1.807) is 24.3 Å². The van der Waals surface area contributed by atoms with Crippen molar-refractivity contribution in [2.24, 2.45) is 0 Å². The highest BCUT2D eigenvalue weighted by Gasteiger charge is 2.26. The Morgan fingerprint density at radius 2 is 2.03 bits per heavy atom. The molecule has 1 atom stereocenters. The molecule has 3 heterocycles. The second-order valence-electron chi connectivity index (χ2n) is 6.96. The number of aromatic hydroxyl groups is 1. The fraction of sp³-hybridized carbons (Fsp3) is 0.238. The van der Waals surface area contributed by atoms with Crippen LogP contribution in [0.4, 0.5) is 4.39 Å². The molecule has 30 heavy (non-hydrogen) atoms. The van der Waals surface area contributed by atoms with Gasteiger partial charge in [0, 0.05) is 37.6 Å². The average molecular weight is 409 g/mol. The number of halogens is 1. The van der Waals surface area contributed by atoms with Crippen LogP contribution in [-0.4, -0.2) is 40.0 Å². The van der Waals surface area contributed by atoms with E-state index in [2.05, 4.69) is 25.9 Å². The number of nitrogens with one attached hydrogen (secondary N) is 3. The molecule has 1 fully saturated rings. The molecule has 4 rings (SSSR count). The van der Waals surface area contributed by atoms with Crippen molar-refractivity contribution in [3.8, 4) is 5.75 Å². The molecular formula is C21H20FN5O3. The number of fused-ring (bicyclic) bond motifs is 1. The maximum Gasteiger partial charge on any atom is 0.274 e. The number of pyridine rings is 2. The summed E-state index contributed by atoms with van der Waals surface area (Å²) in [5.41, 5.74) is 1.23. The zero-order valence-corrected chi connectivity index (χ0v) is 16.0. The molecule has 1 unspecified atom stereocenters. The van der Waals surface area contributed by atoms with Gasteiger partial charge in [0.15, 0.2) is 11.4 Å². The lowest BCUT2D eigenvalue weighted by Gasteiger charge is -2.18. The Bertz CT molecular complexity index is 1100. The molecule has 1 aliphatic heterocycles. The Labute approximate surface area is 171 Å². The first kappa shape index (κ1) is 19.7. The lowest BCUT2D eigenvalue weighted by molar-refractivity contribution is -0.121. The molecule has 0 spiro atoms. The van der Waals surface area contributed by atoms with Crippen LogP contribution in [0.3, 0.4) is 0 Å². The minimum atomic E-state index is -0.594. The van der Waals surface area contributed by atoms with Crippen LogP contribution in [0.15, 0.2) is 42.6 Å². The molecule has 0 bridgehead atoms. The van der Waals surface area contributed by atoms with Crippen LogP contribution in [0.5, 0.6) is 5.75 Å². The molecule has 0 radical (unpaired) electrons. The van der Waals surface area contributed by atoms with Crippen LogP contribution in [0.1, 0.15) is 34.2 Å². The maximum absolute atomic E-state index is 13.1. The van der Waals surface area contributed by atoms with Gasteiger partial charge in [0.05, 0.1) is 11.7 Å². The topological polar surface area (TPSA) is 116 Å². The number of hydrogen-bond acceptors (Lipinski definition) is 6. The highest BCUT2D eigenvalue weighted by molar-refractivity contribution is 6.01. The Kier molecular flexibility index (Phi) is 5.53. The van der Waals surface area contributed by atoms with Gasteiger partial charge in [-0.1, -0.05) is 12.1 Å². The Morgan fingerprint density at radius 1 is 1.23 bits per heavy atom. The van der Waals surface area contributed by atoms with Crippen molar-refractivity contribution in [3.05, 3.63) is 65.4 Å². The van der Waals surface area contributed by atoms with Gasteiger partial charge in [-0.15, -0.1) is 0 Å². The third kappa shape index (κ3) is 4.06. The number of carbonyl (C=O) groups is 2. The third-order valence-corrected chi connectivity index (χ3v) is 4.90. The summed E-state index contributed by atoms with van der Waals surface area (Å²) in [4.78, 5) is 33.4. The van der Waals surface area contributed by atoms with Crippen molar-refractivity contribution in [2.45, 2.75) is 19.0 Å². The van der Waals surface area contributed by atoms with E-state index in [9.17, 15) is 19.1 Å². The highest BCUT2D eigenvalue weighted by Crippen LogP contribution is 2.32. The van der Waals surface area contributed by atoms with E-state index >= 15 is 0 Å². The predicted molar refractivity (Wildman–Crippen MR) is 107 cm³/mol. The first-order valence-corrected chi connectivity index (χ1v) is 9.53. The number of amides is 2. The molecule has 1 aromatic carbocycles. The zero-order chi connectivity index (χ0) is 21.1. The zero-order valence-electron chi connectivity index (χ0n) is 16.0. The monoisotopic (exact) mass is 409 g/mol. The second-order valence-corrected chi connectivity index (χ2v) is 6.96. The van der Waals surface area contributed by atoms with Crippen molar-refractivity contribution >= 4 is 22.7 Å². The van der Waals surface area contributed by atoms with Gasteiger partial charge in [0.2, 0.25) is 5.91 Å². The summed E-state index contributed by atoms with van der Waals surface area (Å²) >= 11 is 0. The van der Waals surface area contributed by atoms with Crippen LogP contribution >= 0.6 is 0 Å². The Hall–Kier alpha value is -3.59. The fourth-order valence-corrected chi connectivity index (χ4v) is 3.41. The molecule has 2 amide bonds. The van der Waals surface area contributed by atoms with E-state index < -0.39 is 11.9 Å². The second kappa shape index (κ2) is 8.42. The first-order valence-electron chi connectivity index (χ1n) is 9.53. The summed E-state index contributed by atoms with van der Waals surface area (Å²) < 4.78 is 13.1. The predicted octanol–water partition coefficient (Wildman–Crippen LogP) is 1.56. The number of carbonyl (C=O) groups excluding carboxylic acids is 2. The number of hydrogen-bond donors (Lipinski definition) is 4. The van der Waals surface area contributed by atoms with E-state index in [0.717, 1.165) is 0 Å². The van der Waals surface area contributed by atoms with Gasteiger partial charge in [0.1, 0.15) is 11.3 Å². The lowest BCUT2D eigenvalue weighted by Crippen LogP contribution is -2.27. The summed E-state index contributed by atoms with van der Waals surface area (Å²) in [6, 6.07) is 8.75. The van der Waals surface area contributed by atoms with Crippen molar-refractivity contribution in [3.63, 3.8) is 0 Å². The standard InChI is InChI=1S/C21H20FN5O3/c22-13-5-3-12(4-6-13)11-26-21(30)19-20(29)18-14(2-1-7-25-18)17(27-19)15-10-16(28)24-9-8-23-15/h1-7,15,23,29H,8-11H2,(H,24,28)(H,26,30). The molecule has 4 N–H and O–H groups in total. The quantitative estimate of drug-likeness (QED) is 0.520. The Balaban J connectivity index is 1.68. The summed E-state index contributed by atoms with van der Waals surface area (Å²) in [6.45, 7) is 1.18. The molecule has 0 saturated carbocycles. The minimum Gasteiger partial charge on any atom is -0.504 e. The van der Waals surface area contributed by atoms with E-state index in [1.165, 1.54) is 18.3 Å². The molecule has 3 aromatic rings. The molecule has 1 aliphatic rings. The van der Waals surface area contributed by atoms with Crippen LogP contribution < -0.4 is 16.0 Å². The SMILES string of the molecule is O=C1CC(c2nc(C(=O)NCc3ccc(F)cc3)c(O)c3ncccc23)NCCN1. The van der Waals surface area contributed by atoms with Crippen LogP contribution in [0.2, 0.25) is 0 Å². The van der Waals surface area contributed by atoms with Crippen molar-refractivity contribution in [1.29, 1.82) is 0 Å². The normalized spacial score (nSPS) is 16.7. The van der Waals surface area contributed by atoms with Gasteiger partial charge in [-0.2, -0.15) is 0 Å². The maximum atomic E-state index is 13.1. The molecule has 8 nitrogen and oxygen atoms in total. The van der Waals surface area contributed by atoms with Gasteiger partial charge < -0.3 is 21.1 Å². The van der Waals surface area contributed by atoms with E-state index in [1.807, 2.05) is 0 Å². The van der Waals surface area contributed by atoms with Crippen LogP contribution in [0.25, 0.3) is 10.9 Å². The van der Waals surface area contributed by atoms with Crippen molar-refractivity contribution in [1.82, 2.24) is 25.9 Å². The third-order valence-electron chi connectivity index (χ3n) is 4.90. The minimum absolute atomic E-state index is 0.126. The first-order chi connectivity index (χ1) is 14.5. The molecule has 1 saturated heterocycles. The number of aromatic nitrogens is 2. The van der Waals surface area contributed by atoms with E-state index in [-0.39, 0.29) is 41.7 Å². The van der Waals surface area contributed by atoms with Gasteiger partial charge in [-0.3, -0.25) is 14.6 Å². The van der Waals surface area contributed by atoms with Crippen molar-refractivity contribution < 1.29 is 19.1 Å². The van der Waals surface area contributed by atoms with Crippen LogP contribution in [-0.2, 0) is 11.3 Å². The van der Waals surface area contributed by atoms with Gasteiger partial charge in [-0.25, -0.2) is 9.37 Å². The van der Waals surface area contributed by atoms with Gasteiger partial charge >= 0.3 is 0 Å². The summed E-state index contributed by atoms with van der Waals surface area (Å²) in [7, 11) is 0. The van der Waals surface area contributed by atoms with Gasteiger partial charge in [0.25, 0.3) is 5.91 Å². The van der Waals surface area contributed by atoms with E-state index in [0.29, 0.717) is 29.7 Å². The largest absolute Gasteiger partial charge is 0.504 e.